The Balaban J connectivity index is 1.34. The van der Waals surface area contributed by atoms with Crippen LogP contribution in [0.15, 0.2) is 67.4 Å². The quantitative estimate of drug-likeness (QED) is 0.208. The molecule has 13 heteroatoms. The molecule has 0 bridgehead atoms. The molecule has 0 spiro atoms. The first kappa shape index (κ1) is 26.2. The topological polar surface area (TPSA) is 127 Å². The van der Waals surface area contributed by atoms with Crippen LogP contribution in [0.5, 0.6) is 11.5 Å². The van der Waals surface area contributed by atoms with Crippen LogP contribution in [0.1, 0.15) is 11.1 Å². The average molecular weight is 531 g/mol. The van der Waals surface area contributed by atoms with Crippen molar-refractivity contribution in [3.63, 3.8) is 0 Å². The smallest absolute Gasteiger partial charge is 0.250 e. The molecular formula is C22H22N6O4S3. The van der Waals surface area contributed by atoms with Gasteiger partial charge >= 0.3 is 0 Å². The number of amides is 2. The van der Waals surface area contributed by atoms with Crippen molar-refractivity contribution < 1.29 is 19.1 Å². The molecule has 2 aromatic carbocycles. The van der Waals surface area contributed by atoms with Gasteiger partial charge in [0, 0.05) is 0 Å². The molecule has 3 aromatic rings. The van der Waals surface area contributed by atoms with Gasteiger partial charge in [0.15, 0.2) is 8.68 Å². The van der Waals surface area contributed by atoms with Crippen molar-refractivity contribution in [1.82, 2.24) is 21.0 Å². The van der Waals surface area contributed by atoms with Crippen molar-refractivity contribution in [2.45, 2.75) is 8.68 Å². The van der Waals surface area contributed by atoms with E-state index < -0.39 is 0 Å². The third kappa shape index (κ3) is 9.39. The molecule has 182 valence electrons. The second-order valence-corrected chi connectivity index (χ2v) is 9.97. The van der Waals surface area contributed by atoms with E-state index in [4.69, 9.17) is 9.47 Å². The molecule has 0 unspecified atom stereocenters. The normalized spacial score (nSPS) is 11.0. The number of aromatic nitrogens is 2. The predicted octanol–water partition coefficient (Wildman–Crippen LogP) is 3.04. The molecule has 0 saturated carbocycles. The van der Waals surface area contributed by atoms with Gasteiger partial charge in [0.05, 0.1) is 38.2 Å². The number of methoxy groups -OCH3 is 2. The second-order valence-electron chi connectivity index (χ2n) is 6.54. The fourth-order valence-corrected chi connectivity index (χ4v) is 4.98. The molecule has 0 radical (unpaired) electrons. The standard InChI is InChI=1S/C22H22N6O4S3/c1-31-17-7-3-15(4-8-17)11-23-25-19(29)13-33-21-27-28-22(35-21)34-14-20(30)26-24-12-16-5-9-18(32-2)10-6-16/h3-12H,13-14H2,1-2H3,(H,25,29)(H,26,30)/b23-11+,24-12+. The van der Waals surface area contributed by atoms with Gasteiger partial charge in [-0.2, -0.15) is 10.2 Å². The van der Waals surface area contributed by atoms with Gasteiger partial charge in [-0.25, -0.2) is 10.9 Å². The van der Waals surface area contributed by atoms with E-state index in [9.17, 15) is 9.59 Å². The molecule has 2 N–H and O–H groups in total. The van der Waals surface area contributed by atoms with Gasteiger partial charge in [0.2, 0.25) is 0 Å². The molecule has 0 aliphatic rings. The van der Waals surface area contributed by atoms with Crippen LogP contribution in [0.4, 0.5) is 0 Å². The second kappa shape index (κ2) is 14.1. The number of hydrogen-bond acceptors (Lipinski definition) is 11. The Labute approximate surface area is 214 Å². The molecule has 0 fully saturated rings. The summed E-state index contributed by atoms with van der Waals surface area (Å²) in [5.74, 6) is 1.24. The summed E-state index contributed by atoms with van der Waals surface area (Å²) in [6.45, 7) is 0. The number of benzene rings is 2. The fraction of sp³-hybridized carbons (Fsp3) is 0.182. The van der Waals surface area contributed by atoms with E-state index in [1.165, 1.54) is 34.9 Å². The predicted molar refractivity (Wildman–Crippen MR) is 139 cm³/mol. The van der Waals surface area contributed by atoms with Gasteiger partial charge in [-0.1, -0.05) is 34.9 Å². The third-order valence-electron chi connectivity index (χ3n) is 4.08. The van der Waals surface area contributed by atoms with Gasteiger partial charge < -0.3 is 9.47 Å². The number of thioether (sulfide) groups is 2. The molecule has 1 heterocycles. The van der Waals surface area contributed by atoms with Crippen molar-refractivity contribution in [2.75, 3.05) is 25.7 Å². The van der Waals surface area contributed by atoms with Gasteiger partial charge in [0.1, 0.15) is 11.5 Å². The Bertz CT molecular complexity index is 1080. The summed E-state index contributed by atoms with van der Waals surface area (Å²) in [4.78, 5) is 24.0. The average Bonchev–Trinajstić information content (AvgIpc) is 3.35. The maximum atomic E-state index is 12.0. The first-order valence-corrected chi connectivity index (χ1v) is 12.9. The van der Waals surface area contributed by atoms with Crippen LogP contribution >= 0.6 is 34.9 Å². The molecule has 0 saturated heterocycles. The van der Waals surface area contributed by atoms with Crippen LogP contribution in [0, 0.1) is 0 Å². The maximum absolute atomic E-state index is 12.0. The Hall–Kier alpha value is -3.42. The molecule has 3 rings (SSSR count). The van der Waals surface area contributed by atoms with Crippen molar-refractivity contribution in [2.24, 2.45) is 10.2 Å². The van der Waals surface area contributed by atoms with Crippen LogP contribution in [0.2, 0.25) is 0 Å². The molecule has 0 atom stereocenters. The van der Waals surface area contributed by atoms with Crippen LogP contribution < -0.4 is 20.3 Å². The largest absolute Gasteiger partial charge is 0.497 e. The van der Waals surface area contributed by atoms with E-state index in [1.807, 2.05) is 48.5 Å². The number of ether oxygens (including phenoxy) is 2. The zero-order valence-corrected chi connectivity index (χ0v) is 21.3. The minimum Gasteiger partial charge on any atom is -0.497 e. The lowest BCUT2D eigenvalue weighted by Gasteiger charge is -2.00. The van der Waals surface area contributed by atoms with E-state index in [-0.39, 0.29) is 23.3 Å². The lowest BCUT2D eigenvalue weighted by atomic mass is 10.2. The SMILES string of the molecule is COc1ccc(/C=N/NC(=O)CSc2nnc(SCC(=O)N/N=C/c3ccc(OC)cc3)s2)cc1. The Morgan fingerprint density at radius 2 is 1.20 bits per heavy atom. The Morgan fingerprint density at radius 3 is 1.57 bits per heavy atom. The fourth-order valence-electron chi connectivity index (χ4n) is 2.37. The summed E-state index contributed by atoms with van der Waals surface area (Å²) in [6.07, 6.45) is 3.10. The zero-order chi connectivity index (χ0) is 24.9. The number of carbonyl (C=O) groups is 2. The van der Waals surface area contributed by atoms with Crippen molar-refractivity contribution in [3.05, 3.63) is 59.7 Å². The molecule has 35 heavy (non-hydrogen) atoms. The third-order valence-corrected chi connectivity index (χ3v) is 7.27. The van der Waals surface area contributed by atoms with Gasteiger partial charge in [0.25, 0.3) is 11.8 Å². The lowest BCUT2D eigenvalue weighted by molar-refractivity contribution is -0.119. The number of hydrazone groups is 2. The van der Waals surface area contributed by atoms with Crippen LogP contribution in [0.3, 0.4) is 0 Å². The molecular weight excluding hydrogens is 508 g/mol. The Kier molecular flexibility index (Phi) is 10.5. The first-order valence-electron chi connectivity index (χ1n) is 10.1. The summed E-state index contributed by atoms with van der Waals surface area (Å²) in [6, 6.07) is 14.6. The monoisotopic (exact) mass is 530 g/mol. The van der Waals surface area contributed by atoms with E-state index in [2.05, 4.69) is 31.3 Å². The highest BCUT2D eigenvalue weighted by molar-refractivity contribution is 8.03. The minimum atomic E-state index is -0.265. The number of nitrogens with one attached hydrogen (secondary N) is 2. The van der Waals surface area contributed by atoms with E-state index in [1.54, 1.807) is 26.6 Å². The highest BCUT2D eigenvalue weighted by Crippen LogP contribution is 2.28. The molecule has 2 amide bonds. The van der Waals surface area contributed by atoms with Crippen molar-refractivity contribution >= 4 is 59.1 Å². The van der Waals surface area contributed by atoms with E-state index >= 15 is 0 Å². The molecule has 1 aromatic heterocycles. The Morgan fingerprint density at radius 1 is 0.800 bits per heavy atom. The van der Waals surface area contributed by atoms with Gasteiger partial charge in [-0.15, -0.1) is 10.2 Å². The van der Waals surface area contributed by atoms with Gasteiger partial charge in [-0.3, -0.25) is 9.59 Å². The number of rotatable bonds is 12. The molecule has 0 aliphatic heterocycles. The number of nitrogens with zero attached hydrogens (tertiary/aromatic N) is 4. The molecule has 10 nitrogen and oxygen atoms in total. The first-order chi connectivity index (χ1) is 17.1. The summed E-state index contributed by atoms with van der Waals surface area (Å²) < 4.78 is 11.4. The number of carbonyl (C=O) groups excluding carboxylic acids is 2. The van der Waals surface area contributed by atoms with Crippen LogP contribution in [0.25, 0.3) is 0 Å². The van der Waals surface area contributed by atoms with E-state index in [0.717, 1.165) is 22.6 Å². The lowest BCUT2D eigenvalue weighted by Crippen LogP contribution is -2.19. The van der Waals surface area contributed by atoms with Crippen LogP contribution in [-0.2, 0) is 9.59 Å². The number of hydrogen-bond donors (Lipinski definition) is 2. The van der Waals surface area contributed by atoms with Crippen LogP contribution in [-0.4, -0.2) is 60.2 Å². The van der Waals surface area contributed by atoms with E-state index in [0.29, 0.717) is 8.68 Å². The zero-order valence-electron chi connectivity index (χ0n) is 18.8. The summed E-state index contributed by atoms with van der Waals surface area (Å²) in [5, 5.41) is 15.9. The summed E-state index contributed by atoms with van der Waals surface area (Å²) in [5.41, 5.74) is 6.61. The van der Waals surface area contributed by atoms with Crippen molar-refractivity contribution in [1.29, 1.82) is 0 Å². The molecule has 0 aliphatic carbocycles. The summed E-state index contributed by atoms with van der Waals surface area (Å²) in [7, 11) is 3.19. The minimum absolute atomic E-state index is 0.139. The van der Waals surface area contributed by atoms with Gasteiger partial charge in [-0.05, 0) is 59.7 Å². The highest BCUT2D eigenvalue weighted by Gasteiger charge is 2.10. The maximum Gasteiger partial charge on any atom is 0.250 e. The highest BCUT2D eigenvalue weighted by atomic mass is 32.2. The summed E-state index contributed by atoms with van der Waals surface area (Å²) >= 11 is 3.80. The van der Waals surface area contributed by atoms with Crippen molar-refractivity contribution in [3.8, 4) is 11.5 Å².